The van der Waals surface area contributed by atoms with Crippen molar-refractivity contribution in [1.82, 2.24) is 4.90 Å². The molecule has 0 saturated heterocycles. The van der Waals surface area contributed by atoms with Crippen LogP contribution in [-0.4, -0.2) is 37.4 Å². The summed E-state index contributed by atoms with van der Waals surface area (Å²) in [7, 11) is 3.36. The van der Waals surface area contributed by atoms with Crippen molar-refractivity contribution in [3.8, 4) is 5.75 Å². The second-order valence-corrected chi connectivity index (χ2v) is 6.79. The number of nitrogens with zero attached hydrogens (tertiary/aromatic N) is 1. The first kappa shape index (κ1) is 17.0. The SMILES string of the molecule is CN(C)C(=O)COc1ccc(NC(=O)c2cc3ccccc3s2)cc1. The van der Waals surface area contributed by atoms with Crippen molar-refractivity contribution < 1.29 is 14.3 Å². The number of carbonyl (C=O) groups is 2. The van der Waals surface area contributed by atoms with Crippen LogP contribution in [0.5, 0.6) is 5.75 Å². The van der Waals surface area contributed by atoms with Gasteiger partial charge in [-0.1, -0.05) is 18.2 Å². The highest BCUT2D eigenvalue weighted by atomic mass is 32.1. The lowest BCUT2D eigenvalue weighted by atomic mass is 10.2. The number of nitrogens with one attached hydrogen (secondary N) is 1. The van der Waals surface area contributed by atoms with E-state index in [2.05, 4.69) is 5.32 Å². The van der Waals surface area contributed by atoms with Crippen molar-refractivity contribution in [2.24, 2.45) is 0 Å². The Morgan fingerprint density at radius 1 is 1.08 bits per heavy atom. The molecule has 0 aliphatic heterocycles. The summed E-state index contributed by atoms with van der Waals surface area (Å²) in [6.45, 7) is -0.0134. The number of hydrogen-bond donors (Lipinski definition) is 1. The Morgan fingerprint density at radius 3 is 2.48 bits per heavy atom. The van der Waals surface area contributed by atoms with Crippen molar-refractivity contribution in [3.05, 3.63) is 59.5 Å². The second-order valence-electron chi connectivity index (χ2n) is 5.70. The maximum absolute atomic E-state index is 12.4. The van der Waals surface area contributed by atoms with Gasteiger partial charge >= 0.3 is 0 Å². The molecule has 0 unspecified atom stereocenters. The van der Waals surface area contributed by atoms with Gasteiger partial charge in [0.1, 0.15) is 5.75 Å². The molecule has 0 radical (unpaired) electrons. The molecule has 1 heterocycles. The summed E-state index contributed by atoms with van der Waals surface area (Å²) in [5.41, 5.74) is 0.675. The molecule has 2 aromatic carbocycles. The predicted molar refractivity (Wildman–Crippen MR) is 100 cm³/mol. The number of ether oxygens (including phenoxy) is 1. The Balaban J connectivity index is 1.62. The first-order valence-electron chi connectivity index (χ1n) is 7.76. The van der Waals surface area contributed by atoms with Crippen LogP contribution in [-0.2, 0) is 4.79 Å². The molecule has 0 saturated carbocycles. The average molecular weight is 354 g/mol. The highest BCUT2D eigenvalue weighted by Crippen LogP contribution is 2.26. The molecule has 3 aromatic rings. The summed E-state index contributed by atoms with van der Waals surface area (Å²) in [5.74, 6) is 0.329. The van der Waals surface area contributed by atoms with Crippen molar-refractivity contribution in [2.75, 3.05) is 26.0 Å². The quantitative estimate of drug-likeness (QED) is 0.761. The molecule has 0 atom stereocenters. The minimum absolute atomic E-state index is 0.0134. The van der Waals surface area contributed by atoms with E-state index in [-0.39, 0.29) is 18.4 Å². The molecule has 0 spiro atoms. The molecule has 0 aliphatic carbocycles. The number of likely N-dealkylation sites (N-methyl/N-ethyl adjacent to an activating group) is 1. The zero-order valence-corrected chi connectivity index (χ0v) is 14.8. The van der Waals surface area contributed by atoms with Gasteiger partial charge in [0, 0.05) is 24.5 Å². The van der Waals surface area contributed by atoms with Gasteiger partial charge in [-0.25, -0.2) is 0 Å². The van der Waals surface area contributed by atoms with Crippen LogP contribution in [0.3, 0.4) is 0 Å². The number of rotatable bonds is 5. The van der Waals surface area contributed by atoms with Crippen LogP contribution in [0.2, 0.25) is 0 Å². The number of fused-ring (bicyclic) bond motifs is 1. The van der Waals surface area contributed by atoms with Gasteiger partial charge in [0.25, 0.3) is 11.8 Å². The number of anilines is 1. The molecule has 3 rings (SSSR count). The molecular formula is C19H18N2O3S. The van der Waals surface area contributed by atoms with Crippen molar-refractivity contribution in [2.45, 2.75) is 0 Å². The monoisotopic (exact) mass is 354 g/mol. The summed E-state index contributed by atoms with van der Waals surface area (Å²) < 4.78 is 6.50. The lowest BCUT2D eigenvalue weighted by Crippen LogP contribution is -2.27. The van der Waals surface area contributed by atoms with Gasteiger partial charge in [-0.15, -0.1) is 11.3 Å². The van der Waals surface area contributed by atoms with Crippen LogP contribution in [0, 0.1) is 0 Å². The Bertz CT molecular complexity index is 867. The molecule has 0 aliphatic rings. The highest BCUT2D eigenvalue weighted by Gasteiger charge is 2.10. The maximum Gasteiger partial charge on any atom is 0.265 e. The van der Waals surface area contributed by atoms with Crippen molar-refractivity contribution in [3.63, 3.8) is 0 Å². The lowest BCUT2D eigenvalue weighted by Gasteiger charge is -2.11. The molecule has 128 valence electrons. The first-order chi connectivity index (χ1) is 12.0. The average Bonchev–Trinajstić information content (AvgIpc) is 3.05. The van der Waals surface area contributed by atoms with E-state index in [9.17, 15) is 9.59 Å². The number of carbonyl (C=O) groups excluding carboxylic acids is 2. The largest absolute Gasteiger partial charge is 0.484 e. The van der Waals surface area contributed by atoms with Gasteiger partial charge in [0.15, 0.2) is 6.61 Å². The van der Waals surface area contributed by atoms with Crippen molar-refractivity contribution >= 4 is 38.9 Å². The lowest BCUT2D eigenvalue weighted by molar-refractivity contribution is -0.130. The minimum atomic E-state index is -0.141. The van der Waals surface area contributed by atoms with Crippen LogP contribution >= 0.6 is 11.3 Å². The third-order valence-electron chi connectivity index (χ3n) is 3.62. The van der Waals surface area contributed by atoms with Crippen LogP contribution in [0.25, 0.3) is 10.1 Å². The van der Waals surface area contributed by atoms with Crippen LogP contribution in [0.15, 0.2) is 54.6 Å². The van der Waals surface area contributed by atoms with E-state index in [1.54, 1.807) is 38.4 Å². The number of hydrogen-bond acceptors (Lipinski definition) is 4. The van der Waals surface area contributed by atoms with E-state index in [4.69, 9.17) is 4.74 Å². The molecular weight excluding hydrogens is 336 g/mol. The number of thiophene rings is 1. The zero-order valence-electron chi connectivity index (χ0n) is 14.0. The molecule has 5 nitrogen and oxygen atoms in total. The topological polar surface area (TPSA) is 58.6 Å². The molecule has 6 heteroatoms. The molecule has 2 amide bonds. The standard InChI is InChI=1S/C19H18N2O3S/c1-21(2)18(22)12-24-15-9-7-14(8-10-15)20-19(23)17-11-13-5-3-4-6-16(13)25-17/h3-11H,12H2,1-2H3,(H,20,23). The van der Waals surface area contributed by atoms with E-state index in [1.807, 2.05) is 30.3 Å². The molecule has 0 fully saturated rings. The maximum atomic E-state index is 12.4. The summed E-state index contributed by atoms with van der Waals surface area (Å²) in [4.78, 5) is 26.0. The molecule has 0 bridgehead atoms. The van der Waals surface area contributed by atoms with Gasteiger partial charge < -0.3 is 15.0 Å². The van der Waals surface area contributed by atoms with Gasteiger partial charge in [0.05, 0.1) is 4.88 Å². The third-order valence-corrected chi connectivity index (χ3v) is 4.74. The fraction of sp³-hybridized carbons (Fsp3) is 0.158. The van der Waals surface area contributed by atoms with E-state index in [0.717, 1.165) is 10.1 Å². The third kappa shape index (κ3) is 4.16. The normalized spacial score (nSPS) is 10.5. The van der Waals surface area contributed by atoms with E-state index in [1.165, 1.54) is 16.2 Å². The smallest absolute Gasteiger partial charge is 0.265 e. The first-order valence-corrected chi connectivity index (χ1v) is 8.57. The Labute approximate surface area is 149 Å². The summed E-state index contributed by atoms with van der Waals surface area (Å²) >= 11 is 1.46. The number of benzene rings is 2. The summed E-state index contributed by atoms with van der Waals surface area (Å²) in [6, 6.07) is 16.7. The Hall–Kier alpha value is -2.86. The predicted octanol–water partition coefficient (Wildman–Crippen LogP) is 3.62. The fourth-order valence-electron chi connectivity index (χ4n) is 2.20. The van der Waals surface area contributed by atoms with Crippen LogP contribution in [0.4, 0.5) is 5.69 Å². The van der Waals surface area contributed by atoms with Gasteiger partial charge in [-0.05, 0) is 41.8 Å². The minimum Gasteiger partial charge on any atom is -0.484 e. The second kappa shape index (κ2) is 7.36. The van der Waals surface area contributed by atoms with Crippen molar-refractivity contribution in [1.29, 1.82) is 0 Å². The van der Waals surface area contributed by atoms with Gasteiger partial charge in [-0.3, -0.25) is 9.59 Å². The zero-order chi connectivity index (χ0) is 17.8. The summed E-state index contributed by atoms with van der Waals surface area (Å²) in [6.07, 6.45) is 0. The van der Waals surface area contributed by atoms with E-state index in [0.29, 0.717) is 16.3 Å². The van der Waals surface area contributed by atoms with E-state index < -0.39 is 0 Å². The van der Waals surface area contributed by atoms with Crippen LogP contribution in [0.1, 0.15) is 9.67 Å². The molecule has 1 aromatic heterocycles. The molecule has 25 heavy (non-hydrogen) atoms. The fourth-order valence-corrected chi connectivity index (χ4v) is 3.15. The molecule has 1 N–H and O–H groups in total. The Kier molecular flexibility index (Phi) is 5.00. The van der Waals surface area contributed by atoms with Gasteiger partial charge in [-0.2, -0.15) is 0 Å². The summed E-state index contributed by atoms with van der Waals surface area (Å²) in [5, 5.41) is 3.93. The number of amides is 2. The van der Waals surface area contributed by atoms with Crippen LogP contribution < -0.4 is 10.1 Å². The highest BCUT2D eigenvalue weighted by molar-refractivity contribution is 7.20. The van der Waals surface area contributed by atoms with E-state index >= 15 is 0 Å². The Morgan fingerprint density at radius 2 is 1.80 bits per heavy atom. The van der Waals surface area contributed by atoms with Gasteiger partial charge in [0.2, 0.25) is 0 Å².